The Kier molecular flexibility index (Phi) is 1.77. The molecule has 2 aromatic rings. The monoisotopic (exact) mass is 176 g/mol. The van der Waals surface area contributed by atoms with Gasteiger partial charge in [0.15, 0.2) is 12.4 Å². The second-order valence-corrected chi connectivity index (χ2v) is 2.85. The molecule has 0 spiro atoms. The molecule has 0 saturated carbocycles. The van der Waals surface area contributed by atoms with E-state index in [1.807, 2.05) is 36.1 Å². The average Bonchev–Trinajstić information content (AvgIpc) is 2.53. The summed E-state index contributed by atoms with van der Waals surface area (Å²) in [6, 6.07) is 3.91. The molecule has 0 bridgehead atoms. The number of hydrogen-bond acceptors (Lipinski definition) is 3. The predicted octanol–water partition coefficient (Wildman–Crippen LogP) is -0.298. The zero-order valence-electron chi connectivity index (χ0n) is 7.55. The van der Waals surface area contributed by atoms with Gasteiger partial charge in [0.2, 0.25) is 5.82 Å². The predicted molar refractivity (Wildman–Crippen MR) is 45.4 cm³/mol. The molecule has 0 amide bonds. The molecule has 5 nitrogen and oxygen atoms in total. The van der Waals surface area contributed by atoms with E-state index in [0.717, 1.165) is 5.56 Å². The van der Waals surface area contributed by atoms with E-state index in [-0.39, 0.29) is 0 Å². The van der Waals surface area contributed by atoms with E-state index in [1.54, 1.807) is 7.05 Å². The van der Waals surface area contributed by atoms with Gasteiger partial charge in [-0.2, -0.15) is 4.80 Å². The van der Waals surface area contributed by atoms with Crippen molar-refractivity contribution >= 4 is 0 Å². The van der Waals surface area contributed by atoms with Crippen molar-refractivity contribution in [3.8, 4) is 11.4 Å². The lowest BCUT2D eigenvalue weighted by Crippen LogP contribution is -2.25. The molecule has 0 saturated heterocycles. The molecular weight excluding hydrogens is 166 g/mol. The van der Waals surface area contributed by atoms with Gasteiger partial charge in [0.1, 0.15) is 7.05 Å². The Morgan fingerprint density at radius 2 is 2.00 bits per heavy atom. The highest BCUT2D eigenvalue weighted by molar-refractivity contribution is 5.51. The van der Waals surface area contributed by atoms with Crippen LogP contribution in [0.25, 0.3) is 11.4 Å². The first-order valence-corrected chi connectivity index (χ1v) is 3.95. The minimum Gasteiger partial charge on any atom is -0.208 e. The fourth-order valence-corrected chi connectivity index (χ4v) is 1.05. The van der Waals surface area contributed by atoms with Gasteiger partial charge in [0.25, 0.3) is 0 Å². The molecule has 0 aliphatic carbocycles. The van der Waals surface area contributed by atoms with Crippen LogP contribution in [-0.4, -0.2) is 20.2 Å². The summed E-state index contributed by atoms with van der Waals surface area (Å²) in [7, 11) is 3.72. The van der Waals surface area contributed by atoms with Crippen molar-refractivity contribution in [2.45, 2.75) is 0 Å². The molecule has 2 aromatic heterocycles. The minimum absolute atomic E-state index is 0.656. The maximum absolute atomic E-state index is 4.10. The summed E-state index contributed by atoms with van der Waals surface area (Å²) >= 11 is 0. The summed E-state index contributed by atoms with van der Waals surface area (Å²) in [5.41, 5.74) is 0.978. The van der Waals surface area contributed by atoms with Crippen LogP contribution in [0.2, 0.25) is 0 Å². The van der Waals surface area contributed by atoms with Crippen molar-refractivity contribution in [3.63, 3.8) is 0 Å². The van der Waals surface area contributed by atoms with Crippen LogP contribution in [0.15, 0.2) is 24.5 Å². The molecule has 0 aliphatic heterocycles. The Morgan fingerprint density at radius 1 is 1.31 bits per heavy atom. The van der Waals surface area contributed by atoms with Gasteiger partial charge in [-0.15, -0.1) is 10.2 Å². The van der Waals surface area contributed by atoms with E-state index < -0.39 is 0 Å². The van der Waals surface area contributed by atoms with Gasteiger partial charge in [0.05, 0.1) is 7.05 Å². The summed E-state index contributed by atoms with van der Waals surface area (Å²) in [6.07, 6.45) is 3.90. The van der Waals surface area contributed by atoms with Crippen LogP contribution >= 0.6 is 0 Å². The van der Waals surface area contributed by atoms with E-state index in [4.69, 9.17) is 0 Å². The average molecular weight is 176 g/mol. The van der Waals surface area contributed by atoms with Gasteiger partial charge >= 0.3 is 0 Å². The lowest BCUT2D eigenvalue weighted by Gasteiger charge is -1.90. The maximum Gasteiger partial charge on any atom is 0.205 e. The van der Waals surface area contributed by atoms with Crippen LogP contribution in [0, 0.1) is 0 Å². The number of hydrogen-bond donors (Lipinski definition) is 0. The van der Waals surface area contributed by atoms with Gasteiger partial charge in [-0.25, -0.2) is 4.57 Å². The third-order valence-electron chi connectivity index (χ3n) is 1.74. The first kappa shape index (κ1) is 7.85. The van der Waals surface area contributed by atoms with Gasteiger partial charge < -0.3 is 0 Å². The number of pyridine rings is 1. The number of tetrazole rings is 1. The number of nitrogens with zero attached hydrogens (tertiary/aromatic N) is 5. The van der Waals surface area contributed by atoms with Crippen LogP contribution in [-0.2, 0) is 14.1 Å². The molecule has 0 aliphatic rings. The minimum atomic E-state index is 0.656. The van der Waals surface area contributed by atoms with Crippen molar-refractivity contribution < 1.29 is 4.57 Å². The Morgan fingerprint density at radius 3 is 2.54 bits per heavy atom. The summed E-state index contributed by atoms with van der Waals surface area (Å²) in [5, 5.41) is 11.8. The Balaban J connectivity index is 2.41. The first-order valence-electron chi connectivity index (χ1n) is 3.95. The normalized spacial score (nSPS) is 10.3. The quantitative estimate of drug-likeness (QED) is 0.560. The fourth-order valence-electron chi connectivity index (χ4n) is 1.05. The van der Waals surface area contributed by atoms with Crippen molar-refractivity contribution in [2.75, 3.05) is 0 Å². The van der Waals surface area contributed by atoms with Gasteiger partial charge in [0, 0.05) is 17.7 Å². The highest BCUT2D eigenvalue weighted by atomic mass is 15.6. The highest BCUT2D eigenvalue weighted by Crippen LogP contribution is 2.09. The first-order chi connectivity index (χ1) is 6.25. The molecule has 0 N–H and O–H groups in total. The fraction of sp³-hybridized carbons (Fsp3) is 0.250. The van der Waals surface area contributed by atoms with E-state index in [0.29, 0.717) is 5.82 Å². The summed E-state index contributed by atoms with van der Waals surface area (Å²) in [6.45, 7) is 0. The molecular formula is C8H10N5+. The molecule has 66 valence electrons. The van der Waals surface area contributed by atoms with Crippen LogP contribution in [0.1, 0.15) is 0 Å². The maximum atomic E-state index is 4.10. The van der Waals surface area contributed by atoms with Crippen molar-refractivity contribution in [1.82, 2.24) is 20.2 Å². The SMILES string of the molecule is Cn1nnc(-c2cc[n+](C)cc2)n1. The molecule has 0 aromatic carbocycles. The van der Waals surface area contributed by atoms with Crippen molar-refractivity contribution in [3.05, 3.63) is 24.5 Å². The summed E-state index contributed by atoms with van der Waals surface area (Å²) < 4.78 is 1.96. The van der Waals surface area contributed by atoms with Crippen LogP contribution in [0.4, 0.5) is 0 Å². The largest absolute Gasteiger partial charge is 0.208 e. The third-order valence-corrected chi connectivity index (χ3v) is 1.74. The van der Waals surface area contributed by atoms with Gasteiger partial charge in [-0.05, 0) is 5.21 Å². The van der Waals surface area contributed by atoms with Crippen LogP contribution < -0.4 is 4.57 Å². The number of rotatable bonds is 1. The zero-order valence-corrected chi connectivity index (χ0v) is 7.55. The Hall–Kier alpha value is -1.78. The molecule has 0 atom stereocenters. The molecule has 0 fully saturated rings. The molecule has 0 radical (unpaired) electrons. The smallest absolute Gasteiger partial charge is 0.205 e. The molecule has 13 heavy (non-hydrogen) atoms. The lowest BCUT2D eigenvalue weighted by molar-refractivity contribution is -0.671. The number of aryl methyl sites for hydroxylation is 2. The topological polar surface area (TPSA) is 47.5 Å². The van der Waals surface area contributed by atoms with Crippen molar-refractivity contribution in [2.24, 2.45) is 14.1 Å². The Bertz CT molecular complexity index is 403. The van der Waals surface area contributed by atoms with E-state index >= 15 is 0 Å². The number of aromatic nitrogens is 5. The van der Waals surface area contributed by atoms with E-state index in [2.05, 4.69) is 15.4 Å². The van der Waals surface area contributed by atoms with Gasteiger partial charge in [-0.3, -0.25) is 0 Å². The molecule has 2 rings (SSSR count). The lowest BCUT2D eigenvalue weighted by atomic mass is 10.2. The summed E-state index contributed by atoms with van der Waals surface area (Å²) in [4.78, 5) is 1.45. The van der Waals surface area contributed by atoms with E-state index in [1.165, 1.54) is 4.80 Å². The molecule has 5 heteroatoms. The standard InChI is InChI=1S/C8H10N5/c1-12-5-3-7(4-6-12)8-9-11-13(2)10-8/h3-6H,1-2H3/q+1. The van der Waals surface area contributed by atoms with Crippen LogP contribution in [0.5, 0.6) is 0 Å². The Labute approximate surface area is 75.6 Å². The van der Waals surface area contributed by atoms with Crippen LogP contribution in [0.3, 0.4) is 0 Å². The highest BCUT2D eigenvalue weighted by Gasteiger charge is 2.04. The molecule has 0 unspecified atom stereocenters. The second kappa shape index (κ2) is 2.93. The molecule has 2 heterocycles. The van der Waals surface area contributed by atoms with Gasteiger partial charge in [-0.1, -0.05) is 0 Å². The second-order valence-electron chi connectivity index (χ2n) is 2.85. The third kappa shape index (κ3) is 1.53. The summed E-state index contributed by atoms with van der Waals surface area (Å²) in [5.74, 6) is 0.656. The van der Waals surface area contributed by atoms with Crippen molar-refractivity contribution in [1.29, 1.82) is 0 Å². The van der Waals surface area contributed by atoms with E-state index in [9.17, 15) is 0 Å². The zero-order chi connectivity index (χ0) is 9.26.